The quantitative estimate of drug-likeness (QED) is 0.719. The summed E-state index contributed by atoms with van der Waals surface area (Å²) in [6.45, 7) is 0. The van der Waals surface area contributed by atoms with Gasteiger partial charge in [0, 0.05) is 11.3 Å². The molecule has 0 aliphatic rings. The predicted octanol–water partition coefficient (Wildman–Crippen LogP) is 3.86. The zero-order valence-corrected chi connectivity index (χ0v) is 12.5. The fraction of sp³-hybridized carbons (Fsp3) is 0. The van der Waals surface area contributed by atoms with Crippen LogP contribution in [0.2, 0.25) is 0 Å². The SMILES string of the molecule is Nc1ccc(F)c(C(=O)Nc2ccc(-c3ccc(F)cc3)nc2)c1. The molecule has 0 bridgehead atoms. The largest absolute Gasteiger partial charge is 0.399 e. The van der Waals surface area contributed by atoms with E-state index in [9.17, 15) is 13.6 Å². The third kappa shape index (κ3) is 3.38. The Balaban J connectivity index is 1.77. The zero-order chi connectivity index (χ0) is 17.1. The van der Waals surface area contributed by atoms with Crippen LogP contribution in [0.1, 0.15) is 10.4 Å². The summed E-state index contributed by atoms with van der Waals surface area (Å²) >= 11 is 0. The van der Waals surface area contributed by atoms with Gasteiger partial charge in [0.05, 0.1) is 23.1 Å². The number of nitrogen functional groups attached to an aromatic ring is 1. The van der Waals surface area contributed by atoms with E-state index >= 15 is 0 Å². The van der Waals surface area contributed by atoms with Gasteiger partial charge >= 0.3 is 0 Å². The molecule has 0 aliphatic heterocycles. The van der Waals surface area contributed by atoms with Gasteiger partial charge in [-0.2, -0.15) is 0 Å². The third-order valence-electron chi connectivity index (χ3n) is 3.40. The van der Waals surface area contributed by atoms with E-state index in [0.717, 1.165) is 11.6 Å². The molecule has 4 nitrogen and oxygen atoms in total. The maximum atomic E-state index is 13.7. The van der Waals surface area contributed by atoms with Crippen molar-refractivity contribution < 1.29 is 13.6 Å². The summed E-state index contributed by atoms with van der Waals surface area (Å²) in [5.41, 5.74) is 7.51. The van der Waals surface area contributed by atoms with Crippen molar-refractivity contribution in [3.05, 3.63) is 78.0 Å². The highest BCUT2D eigenvalue weighted by Gasteiger charge is 2.12. The number of rotatable bonds is 3. The Morgan fingerprint density at radius 2 is 1.75 bits per heavy atom. The van der Waals surface area contributed by atoms with Crippen LogP contribution in [-0.4, -0.2) is 10.9 Å². The lowest BCUT2D eigenvalue weighted by Crippen LogP contribution is -2.14. The van der Waals surface area contributed by atoms with E-state index in [1.165, 1.54) is 30.5 Å². The van der Waals surface area contributed by atoms with Crippen molar-refractivity contribution in [1.82, 2.24) is 4.98 Å². The van der Waals surface area contributed by atoms with Crippen molar-refractivity contribution in [2.75, 3.05) is 11.1 Å². The Labute approximate surface area is 137 Å². The minimum atomic E-state index is -0.655. The lowest BCUT2D eigenvalue weighted by Gasteiger charge is -2.07. The normalized spacial score (nSPS) is 10.4. The molecule has 120 valence electrons. The molecule has 3 N–H and O–H groups in total. The second-order valence-corrected chi connectivity index (χ2v) is 5.13. The van der Waals surface area contributed by atoms with E-state index in [1.807, 2.05) is 0 Å². The molecule has 0 spiro atoms. The molecule has 0 saturated carbocycles. The van der Waals surface area contributed by atoms with Gasteiger partial charge in [-0.1, -0.05) is 0 Å². The van der Waals surface area contributed by atoms with Crippen LogP contribution in [-0.2, 0) is 0 Å². The number of pyridine rings is 1. The summed E-state index contributed by atoms with van der Waals surface area (Å²) in [6, 6.07) is 13.0. The van der Waals surface area contributed by atoms with Crippen molar-refractivity contribution in [3.63, 3.8) is 0 Å². The number of carbonyl (C=O) groups excluding carboxylic acids is 1. The number of halogens is 2. The molecular formula is C18H13F2N3O. The van der Waals surface area contributed by atoms with Gasteiger partial charge in [-0.25, -0.2) is 8.78 Å². The van der Waals surface area contributed by atoms with Crippen LogP contribution in [0.15, 0.2) is 60.8 Å². The molecule has 0 aliphatic carbocycles. The Morgan fingerprint density at radius 1 is 1.00 bits per heavy atom. The van der Waals surface area contributed by atoms with Gasteiger partial charge in [0.1, 0.15) is 11.6 Å². The average Bonchev–Trinajstić information content (AvgIpc) is 2.58. The molecule has 0 fully saturated rings. The molecule has 0 saturated heterocycles. The van der Waals surface area contributed by atoms with E-state index in [2.05, 4.69) is 10.3 Å². The lowest BCUT2D eigenvalue weighted by molar-refractivity contribution is 0.102. The second-order valence-electron chi connectivity index (χ2n) is 5.13. The van der Waals surface area contributed by atoms with E-state index in [0.29, 0.717) is 17.1 Å². The number of carbonyl (C=O) groups is 1. The first-order valence-corrected chi connectivity index (χ1v) is 7.11. The number of aromatic nitrogens is 1. The van der Waals surface area contributed by atoms with E-state index in [4.69, 9.17) is 5.73 Å². The fourth-order valence-corrected chi connectivity index (χ4v) is 2.17. The number of hydrogen-bond acceptors (Lipinski definition) is 3. The molecule has 24 heavy (non-hydrogen) atoms. The van der Waals surface area contributed by atoms with Gasteiger partial charge in [0.25, 0.3) is 5.91 Å². The Bertz CT molecular complexity index is 878. The number of anilines is 2. The molecule has 6 heteroatoms. The lowest BCUT2D eigenvalue weighted by atomic mass is 10.1. The summed E-state index contributed by atoms with van der Waals surface area (Å²) in [7, 11) is 0. The van der Waals surface area contributed by atoms with E-state index in [1.54, 1.807) is 24.3 Å². The number of nitrogens with one attached hydrogen (secondary N) is 1. The van der Waals surface area contributed by atoms with Crippen LogP contribution in [0.25, 0.3) is 11.3 Å². The van der Waals surface area contributed by atoms with Crippen molar-refractivity contribution in [1.29, 1.82) is 0 Å². The molecule has 1 aromatic heterocycles. The smallest absolute Gasteiger partial charge is 0.258 e. The van der Waals surface area contributed by atoms with Crippen LogP contribution < -0.4 is 11.1 Å². The van der Waals surface area contributed by atoms with Gasteiger partial charge in [-0.05, 0) is 54.6 Å². The van der Waals surface area contributed by atoms with Gasteiger partial charge in [-0.3, -0.25) is 9.78 Å². The molecule has 3 aromatic rings. The van der Waals surface area contributed by atoms with E-state index < -0.39 is 11.7 Å². The number of nitrogens with two attached hydrogens (primary N) is 1. The van der Waals surface area contributed by atoms with Gasteiger partial charge in [0.2, 0.25) is 0 Å². The maximum Gasteiger partial charge on any atom is 0.258 e. The van der Waals surface area contributed by atoms with Crippen molar-refractivity contribution >= 4 is 17.3 Å². The van der Waals surface area contributed by atoms with Crippen LogP contribution in [0.5, 0.6) is 0 Å². The Hall–Kier alpha value is -3.28. The monoisotopic (exact) mass is 325 g/mol. The fourth-order valence-electron chi connectivity index (χ4n) is 2.17. The topological polar surface area (TPSA) is 68.0 Å². The summed E-state index contributed by atoms with van der Waals surface area (Å²) in [4.78, 5) is 16.3. The van der Waals surface area contributed by atoms with Gasteiger partial charge < -0.3 is 11.1 Å². The Kier molecular flexibility index (Phi) is 4.20. The van der Waals surface area contributed by atoms with Gasteiger partial charge in [-0.15, -0.1) is 0 Å². The molecular weight excluding hydrogens is 312 g/mol. The van der Waals surface area contributed by atoms with Crippen LogP contribution in [0.4, 0.5) is 20.2 Å². The van der Waals surface area contributed by atoms with Crippen LogP contribution in [0, 0.1) is 11.6 Å². The maximum absolute atomic E-state index is 13.7. The molecule has 0 radical (unpaired) electrons. The summed E-state index contributed by atoms with van der Waals surface area (Å²) < 4.78 is 26.6. The highest BCUT2D eigenvalue weighted by molar-refractivity contribution is 6.04. The minimum Gasteiger partial charge on any atom is -0.399 e. The standard InChI is InChI=1S/C18H13F2N3O/c19-12-3-1-11(2-4-12)17-8-6-14(10-22-17)23-18(24)15-9-13(21)5-7-16(15)20/h1-10H,21H2,(H,23,24). The minimum absolute atomic E-state index is 0.141. The third-order valence-corrected chi connectivity index (χ3v) is 3.40. The first kappa shape index (κ1) is 15.6. The van der Waals surface area contributed by atoms with Crippen molar-refractivity contribution in [2.24, 2.45) is 0 Å². The second kappa shape index (κ2) is 6.45. The molecule has 2 aromatic carbocycles. The van der Waals surface area contributed by atoms with Crippen molar-refractivity contribution in [3.8, 4) is 11.3 Å². The first-order valence-electron chi connectivity index (χ1n) is 7.11. The first-order chi connectivity index (χ1) is 11.5. The molecule has 0 atom stereocenters. The molecule has 1 amide bonds. The highest BCUT2D eigenvalue weighted by Crippen LogP contribution is 2.20. The van der Waals surface area contributed by atoms with Crippen molar-refractivity contribution in [2.45, 2.75) is 0 Å². The van der Waals surface area contributed by atoms with Gasteiger partial charge in [0.15, 0.2) is 0 Å². The zero-order valence-electron chi connectivity index (χ0n) is 12.5. The highest BCUT2D eigenvalue weighted by atomic mass is 19.1. The average molecular weight is 325 g/mol. The Morgan fingerprint density at radius 3 is 2.42 bits per heavy atom. The summed E-state index contributed by atoms with van der Waals surface area (Å²) in [5.74, 6) is -1.60. The van der Waals surface area contributed by atoms with Crippen LogP contribution in [0.3, 0.4) is 0 Å². The number of nitrogens with zero attached hydrogens (tertiary/aromatic N) is 1. The molecule has 1 heterocycles. The molecule has 3 rings (SSSR count). The number of benzene rings is 2. The molecule has 0 unspecified atom stereocenters. The predicted molar refractivity (Wildman–Crippen MR) is 88.4 cm³/mol. The number of amides is 1. The van der Waals surface area contributed by atoms with E-state index in [-0.39, 0.29) is 11.4 Å². The number of hydrogen-bond donors (Lipinski definition) is 2. The summed E-state index contributed by atoms with van der Waals surface area (Å²) in [6.07, 6.45) is 1.45. The van der Waals surface area contributed by atoms with Crippen LogP contribution >= 0.6 is 0 Å². The summed E-state index contributed by atoms with van der Waals surface area (Å²) in [5, 5.41) is 2.56.